The summed E-state index contributed by atoms with van der Waals surface area (Å²) in [6.07, 6.45) is 1.24. The second-order valence-electron chi connectivity index (χ2n) is 5.09. The number of hydrogen-bond donors (Lipinski definition) is 3. The van der Waals surface area contributed by atoms with E-state index < -0.39 is 29.5 Å². The summed E-state index contributed by atoms with van der Waals surface area (Å²) in [6, 6.07) is 3.53. The number of nitrogens with one attached hydrogen (secondary N) is 1. The maximum Gasteiger partial charge on any atom is 0.306 e. The van der Waals surface area contributed by atoms with Crippen LogP contribution in [-0.2, 0) is 9.59 Å². The number of amides is 2. The Kier molecular flexibility index (Phi) is 4.21. The molecule has 0 aliphatic heterocycles. The molecular weight excluding hydrogens is 279 g/mol. The van der Waals surface area contributed by atoms with Crippen molar-refractivity contribution in [1.29, 1.82) is 0 Å². The number of hydrogen-bond acceptors (Lipinski definition) is 3. The molecule has 0 bridgehead atoms. The van der Waals surface area contributed by atoms with Gasteiger partial charge in [0.15, 0.2) is 0 Å². The number of halogens is 1. The molecule has 1 saturated carbocycles. The van der Waals surface area contributed by atoms with E-state index >= 15 is 0 Å². The first-order chi connectivity index (χ1) is 9.88. The van der Waals surface area contributed by atoms with Gasteiger partial charge in [-0.2, -0.15) is 0 Å². The fourth-order valence-electron chi connectivity index (χ4n) is 2.48. The first-order valence-electron chi connectivity index (χ1n) is 6.51. The van der Waals surface area contributed by atoms with Gasteiger partial charge >= 0.3 is 5.97 Å². The van der Waals surface area contributed by atoms with Gasteiger partial charge in [0.1, 0.15) is 5.82 Å². The van der Waals surface area contributed by atoms with Crippen LogP contribution in [0.1, 0.15) is 29.6 Å². The Morgan fingerprint density at radius 1 is 1.24 bits per heavy atom. The summed E-state index contributed by atoms with van der Waals surface area (Å²) in [7, 11) is 0. The third-order valence-electron chi connectivity index (χ3n) is 3.65. The third kappa shape index (κ3) is 3.36. The van der Waals surface area contributed by atoms with Gasteiger partial charge in [-0.1, -0.05) is 0 Å². The fourth-order valence-corrected chi connectivity index (χ4v) is 2.48. The van der Waals surface area contributed by atoms with Gasteiger partial charge in [-0.05, 0) is 37.5 Å². The number of anilines is 1. The molecule has 1 aliphatic rings. The Hall–Kier alpha value is -2.44. The van der Waals surface area contributed by atoms with Crippen molar-refractivity contribution in [2.24, 2.45) is 17.6 Å². The molecule has 2 atom stereocenters. The van der Waals surface area contributed by atoms with Gasteiger partial charge in [-0.15, -0.1) is 0 Å². The van der Waals surface area contributed by atoms with E-state index in [9.17, 15) is 18.8 Å². The quantitative estimate of drug-likeness (QED) is 0.778. The highest BCUT2D eigenvalue weighted by Crippen LogP contribution is 2.32. The predicted molar refractivity (Wildman–Crippen MR) is 72.0 cm³/mol. The van der Waals surface area contributed by atoms with Crippen LogP contribution in [0.2, 0.25) is 0 Å². The van der Waals surface area contributed by atoms with Crippen LogP contribution < -0.4 is 11.1 Å². The molecule has 0 unspecified atom stereocenters. The van der Waals surface area contributed by atoms with Crippen molar-refractivity contribution in [3.8, 4) is 0 Å². The highest BCUT2D eigenvalue weighted by molar-refractivity contribution is 5.97. The summed E-state index contributed by atoms with van der Waals surface area (Å²) >= 11 is 0. The zero-order valence-electron chi connectivity index (χ0n) is 11.1. The summed E-state index contributed by atoms with van der Waals surface area (Å²) in [5, 5.41) is 11.5. The van der Waals surface area contributed by atoms with Gasteiger partial charge in [-0.3, -0.25) is 14.4 Å². The molecule has 4 N–H and O–H groups in total. The number of benzene rings is 1. The van der Waals surface area contributed by atoms with Crippen LogP contribution in [0.4, 0.5) is 10.1 Å². The number of carbonyl (C=O) groups is 3. The van der Waals surface area contributed by atoms with Crippen molar-refractivity contribution in [1.82, 2.24) is 0 Å². The zero-order chi connectivity index (χ0) is 15.6. The van der Waals surface area contributed by atoms with Gasteiger partial charge in [0.05, 0.1) is 11.5 Å². The molecule has 1 aromatic carbocycles. The largest absolute Gasteiger partial charge is 0.481 e. The maximum atomic E-state index is 13.3. The van der Waals surface area contributed by atoms with Crippen LogP contribution in [-0.4, -0.2) is 22.9 Å². The van der Waals surface area contributed by atoms with Crippen molar-refractivity contribution in [2.45, 2.75) is 19.3 Å². The van der Waals surface area contributed by atoms with Gasteiger partial charge in [-0.25, -0.2) is 4.39 Å². The Labute approximate surface area is 120 Å². The number of aliphatic carboxylic acids is 1. The van der Waals surface area contributed by atoms with Gasteiger partial charge in [0.2, 0.25) is 5.91 Å². The third-order valence-corrected chi connectivity index (χ3v) is 3.65. The summed E-state index contributed by atoms with van der Waals surface area (Å²) in [4.78, 5) is 33.9. The van der Waals surface area contributed by atoms with E-state index in [0.717, 1.165) is 6.07 Å². The molecule has 1 aromatic rings. The van der Waals surface area contributed by atoms with E-state index in [0.29, 0.717) is 12.8 Å². The Bertz CT molecular complexity index is 603. The van der Waals surface area contributed by atoms with Crippen molar-refractivity contribution in [3.63, 3.8) is 0 Å². The second-order valence-corrected chi connectivity index (χ2v) is 5.09. The molecule has 0 heterocycles. The molecule has 6 nitrogen and oxygen atoms in total. The van der Waals surface area contributed by atoms with Crippen molar-refractivity contribution < 1.29 is 23.9 Å². The minimum absolute atomic E-state index is 0.258. The lowest BCUT2D eigenvalue weighted by Crippen LogP contribution is -2.22. The van der Waals surface area contributed by atoms with Gasteiger partial charge in [0.25, 0.3) is 5.91 Å². The lowest BCUT2D eigenvalue weighted by Gasteiger charge is -2.11. The molecule has 1 fully saturated rings. The minimum Gasteiger partial charge on any atom is -0.481 e. The van der Waals surface area contributed by atoms with Crippen LogP contribution in [0, 0.1) is 17.7 Å². The maximum absolute atomic E-state index is 13.3. The SMILES string of the molecule is NC(=O)c1cc(NC(=O)[C@@H]2CC[C@H](C(=O)O)C2)ccc1F. The lowest BCUT2D eigenvalue weighted by molar-refractivity contribution is -0.141. The fraction of sp³-hybridized carbons (Fsp3) is 0.357. The molecule has 112 valence electrons. The highest BCUT2D eigenvalue weighted by atomic mass is 19.1. The number of carboxylic acids is 1. The molecule has 0 aromatic heterocycles. The molecule has 7 heteroatoms. The van der Waals surface area contributed by atoms with Crippen LogP contribution in [0.5, 0.6) is 0 Å². The number of primary amides is 1. The first kappa shape index (κ1) is 15.0. The average Bonchev–Trinajstić information content (AvgIpc) is 2.90. The van der Waals surface area contributed by atoms with E-state index in [1.165, 1.54) is 12.1 Å². The standard InChI is InChI=1S/C14H15FN2O4/c15-11-4-3-9(6-10(11)12(16)18)17-13(19)7-1-2-8(5-7)14(20)21/h3-4,6-8H,1-2,5H2,(H2,16,18)(H,17,19)(H,20,21)/t7-,8+/m1/s1. The summed E-state index contributed by atoms with van der Waals surface area (Å²) in [6.45, 7) is 0. The Morgan fingerprint density at radius 3 is 2.48 bits per heavy atom. The monoisotopic (exact) mass is 294 g/mol. The molecule has 1 aliphatic carbocycles. The lowest BCUT2D eigenvalue weighted by atomic mass is 10.0. The van der Waals surface area contributed by atoms with Gasteiger partial charge < -0.3 is 16.2 Å². The molecule has 0 spiro atoms. The zero-order valence-corrected chi connectivity index (χ0v) is 11.1. The molecule has 0 radical (unpaired) electrons. The van der Waals surface area contributed by atoms with Crippen LogP contribution >= 0.6 is 0 Å². The second kappa shape index (κ2) is 5.90. The highest BCUT2D eigenvalue weighted by Gasteiger charge is 2.33. The Balaban J connectivity index is 2.05. The van der Waals surface area contributed by atoms with E-state index in [-0.39, 0.29) is 23.6 Å². The Morgan fingerprint density at radius 2 is 1.90 bits per heavy atom. The minimum atomic E-state index is -0.921. The molecule has 0 saturated heterocycles. The normalized spacial score (nSPS) is 21.0. The van der Waals surface area contributed by atoms with Crippen LogP contribution in [0.3, 0.4) is 0 Å². The first-order valence-corrected chi connectivity index (χ1v) is 6.51. The number of nitrogens with two attached hydrogens (primary N) is 1. The molecule has 2 amide bonds. The van der Waals surface area contributed by atoms with Gasteiger partial charge in [0, 0.05) is 11.6 Å². The molecule has 21 heavy (non-hydrogen) atoms. The van der Waals surface area contributed by atoms with Crippen molar-refractivity contribution >= 4 is 23.5 Å². The van der Waals surface area contributed by atoms with Crippen LogP contribution in [0.25, 0.3) is 0 Å². The summed E-state index contributed by atoms with van der Waals surface area (Å²) < 4.78 is 13.3. The number of rotatable bonds is 4. The number of carbonyl (C=O) groups excluding carboxylic acids is 2. The smallest absolute Gasteiger partial charge is 0.306 e. The summed E-state index contributed by atoms with van der Waals surface area (Å²) in [5.74, 6) is -3.81. The average molecular weight is 294 g/mol. The summed E-state index contributed by atoms with van der Waals surface area (Å²) in [5.41, 5.74) is 4.99. The topological polar surface area (TPSA) is 109 Å². The van der Waals surface area contributed by atoms with Crippen molar-refractivity contribution in [3.05, 3.63) is 29.6 Å². The molecular formula is C14H15FN2O4. The van der Waals surface area contributed by atoms with Crippen LogP contribution in [0.15, 0.2) is 18.2 Å². The predicted octanol–water partition coefficient (Wildman–Crippen LogP) is 1.36. The molecule has 2 rings (SSSR count). The van der Waals surface area contributed by atoms with E-state index in [4.69, 9.17) is 10.8 Å². The van der Waals surface area contributed by atoms with E-state index in [2.05, 4.69) is 5.32 Å². The van der Waals surface area contributed by atoms with Crippen molar-refractivity contribution in [2.75, 3.05) is 5.32 Å². The number of carboxylic acid groups (broad SMARTS) is 1. The van der Waals surface area contributed by atoms with E-state index in [1.54, 1.807) is 0 Å². The van der Waals surface area contributed by atoms with E-state index in [1.807, 2.05) is 0 Å².